The van der Waals surface area contributed by atoms with Crippen LogP contribution in [0.15, 0.2) is 54.1 Å². The molecular weight excluding hydrogens is 425 g/mol. The van der Waals surface area contributed by atoms with Crippen LogP contribution in [-0.2, 0) is 14.4 Å². The van der Waals surface area contributed by atoms with Gasteiger partial charge in [0.25, 0.3) is 11.7 Å². The Hall–Kier alpha value is -3.19. The number of carboxylic acid groups (broad SMARTS) is 1. The van der Waals surface area contributed by atoms with Crippen molar-refractivity contribution in [3.63, 3.8) is 0 Å². The molecule has 8 heteroatoms. The average Bonchev–Trinajstić information content (AvgIpc) is 2.98. The van der Waals surface area contributed by atoms with E-state index in [1.54, 1.807) is 6.07 Å². The van der Waals surface area contributed by atoms with Gasteiger partial charge in [-0.05, 0) is 43.2 Å². The summed E-state index contributed by atoms with van der Waals surface area (Å²) in [5.41, 5.74) is 0.191. The molecule has 0 bridgehead atoms. The Morgan fingerprint density at radius 3 is 2.32 bits per heavy atom. The van der Waals surface area contributed by atoms with E-state index in [1.165, 1.54) is 47.4 Å². The molecule has 1 atom stereocenters. The van der Waals surface area contributed by atoms with Crippen LogP contribution in [0.1, 0.15) is 42.9 Å². The van der Waals surface area contributed by atoms with Gasteiger partial charge in [0.2, 0.25) is 0 Å². The molecule has 0 radical (unpaired) electrons. The van der Waals surface area contributed by atoms with Gasteiger partial charge in [0.15, 0.2) is 0 Å². The third-order valence-electron chi connectivity index (χ3n) is 5.15. The second-order valence-corrected chi connectivity index (χ2v) is 7.66. The van der Waals surface area contributed by atoms with E-state index < -0.39 is 35.3 Å². The number of hydrogen-bond acceptors (Lipinski definition) is 4. The van der Waals surface area contributed by atoms with Crippen molar-refractivity contribution in [1.82, 2.24) is 4.90 Å². The molecule has 162 valence electrons. The SMILES string of the molecule is O=C(O)CCCCCN1C(=O)C(=O)/C(=C(/O)c2ccc(Cl)cc2)C1c1ccccc1F. The molecular formula is C23H21ClFNO5. The molecule has 1 aliphatic heterocycles. The Morgan fingerprint density at radius 1 is 1.00 bits per heavy atom. The number of ketones is 1. The van der Waals surface area contributed by atoms with Gasteiger partial charge in [0.05, 0.1) is 11.6 Å². The maximum Gasteiger partial charge on any atom is 0.303 e. The Bertz CT molecular complexity index is 1030. The van der Waals surface area contributed by atoms with Gasteiger partial charge in [0.1, 0.15) is 11.6 Å². The van der Waals surface area contributed by atoms with E-state index in [4.69, 9.17) is 16.7 Å². The van der Waals surface area contributed by atoms with Gasteiger partial charge in [-0.15, -0.1) is 0 Å². The number of likely N-dealkylation sites (tertiary alicyclic amines) is 1. The summed E-state index contributed by atoms with van der Waals surface area (Å²) in [6.07, 6.45) is 1.39. The zero-order valence-corrected chi connectivity index (χ0v) is 17.3. The molecule has 2 aromatic rings. The Morgan fingerprint density at radius 2 is 1.68 bits per heavy atom. The summed E-state index contributed by atoms with van der Waals surface area (Å²) >= 11 is 5.89. The van der Waals surface area contributed by atoms with Crippen molar-refractivity contribution in [1.29, 1.82) is 0 Å². The van der Waals surface area contributed by atoms with Crippen LogP contribution in [-0.4, -0.2) is 39.3 Å². The van der Waals surface area contributed by atoms with Crippen molar-refractivity contribution in [2.45, 2.75) is 31.7 Å². The first-order valence-corrected chi connectivity index (χ1v) is 10.2. The second kappa shape index (κ2) is 9.75. The number of hydrogen-bond donors (Lipinski definition) is 2. The van der Waals surface area contributed by atoms with Crippen LogP contribution < -0.4 is 0 Å². The fourth-order valence-electron chi connectivity index (χ4n) is 3.63. The largest absolute Gasteiger partial charge is 0.507 e. The van der Waals surface area contributed by atoms with E-state index in [2.05, 4.69) is 0 Å². The molecule has 1 amide bonds. The lowest BCUT2D eigenvalue weighted by Gasteiger charge is -2.25. The van der Waals surface area contributed by atoms with Crippen LogP contribution in [0.5, 0.6) is 0 Å². The van der Waals surface area contributed by atoms with Gasteiger partial charge in [-0.1, -0.05) is 36.2 Å². The molecule has 0 saturated carbocycles. The van der Waals surface area contributed by atoms with Crippen LogP contribution in [0.4, 0.5) is 4.39 Å². The highest BCUT2D eigenvalue weighted by atomic mass is 35.5. The average molecular weight is 446 g/mol. The third-order valence-corrected chi connectivity index (χ3v) is 5.40. The maximum atomic E-state index is 14.7. The topological polar surface area (TPSA) is 94.9 Å². The number of aliphatic hydroxyl groups excluding tert-OH is 1. The summed E-state index contributed by atoms with van der Waals surface area (Å²) in [7, 11) is 0. The lowest BCUT2D eigenvalue weighted by molar-refractivity contribution is -0.140. The number of amides is 1. The van der Waals surface area contributed by atoms with Gasteiger partial charge in [0, 0.05) is 29.1 Å². The molecule has 0 aliphatic carbocycles. The number of carbonyl (C=O) groups excluding carboxylic acids is 2. The van der Waals surface area contributed by atoms with Crippen molar-refractivity contribution in [2.24, 2.45) is 0 Å². The molecule has 1 fully saturated rings. The second-order valence-electron chi connectivity index (χ2n) is 7.23. The summed E-state index contributed by atoms with van der Waals surface area (Å²) in [5, 5.41) is 20.0. The number of unbranched alkanes of at least 4 members (excludes halogenated alkanes) is 2. The molecule has 1 heterocycles. The van der Waals surface area contributed by atoms with E-state index >= 15 is 0 Å². The van der Waals surface area contributed by atoms with Gasteiger partial charge in [-0.3, -0.25) is 14.4 Å². The zero-order chi connectivity index (χ0) is 22.5. The minimum Gasteiger partial charge on any atom is -0.507 e. The van der Waals surface area contributed by atoms with Gasteiger partial charge < -0.3 is 15.1 Å². The van der Waals surface area contributed by atoms with E-state index in [0.29, 0.717) is 24.3 Å². The maximum absolute atomic E-state index is 14.7. The molecule has 3 rings (SSSR count). The number of carbonyl (C=O) groups is 3. The standard InChI is InChI=1S/C23H21ClFNO5/c24-15-11-9-14(10-12-15)21(29)19-20(16-6-3-4-7-17(16)25)26(23(31)22(19)30)13-5-1-2-8-18(27)28/h3-4,6-7,9-12,20,29H,1-2,5,8,13H2,(H,27,28)/b21-19+. The number of benzene rings is 2. The Kier molecular flexibility index (Phi) is 7.07. The molecule has 0 spiro atoms. The predicted molar refractivity (Wildman–Crippen MR) is 113 cm³/mol. The highest BCUT2D eigenvalue weighted by Crippen LogP contribution is 2.40. The number of rotatable bonds is 8. The van der Waals surface area contributed by atoms with Crippen molar-refractivity contribution >= 4 is 35.0 Å². The van der Waals surface area contributed by atoms with E-state index in [-0.39, 0.29) is 29.7 Å². The quantitative estimate of drug-likeness (QED) is 0.269. The van der Waals surface area contributed by atoms with Crippen LogP contribution in [0, 0.1) is 5.82 Å². The number of carboxylic acids is 1. The summed E-state index contributed by atoms with van der Waals surface area (Å²) in [6.45, 7) is 0.126. The molecule has 2 aromatic carbocycles. The van der Waals surface area contributed by atoms with Crippen LogP contribution >= 0.6 is 11.6 Å². The highest BCUT2D eigenvalue weighted by molar-refractivity contribution is 6.46. The summed E-state index contributed by atoms with van der Waals surface area (Å²) in [4.78, 5) is 37.5. The first kappa shape index (κ1) is 22.5. The lowest BCUT2D eigenvalue weighted by atomic mass is 9.95. The lowest BCUT2D eigenvalue weighted by Crippen LogP contribution is -2.31. The van der Waals surface area contributed by atoms with E-state index in [1.807, 2.05) is 0 Å². The normalized spacial score (nSPS) is 17.9. The Balaban J connectivity index is 1.99. The van der Waals surface area contributed by atoms with Crippen LogP contribution in [0.3, 0.4) is 0 Å². The van der Waals surface area contributed by atoms with Crippen molar-refractivity contribution in [3.8, 4) is 0 Å². The first-order chi connectivity index (χ1) is 14.8. The van der Waals surface area contributed by atoms with Crippen LogP contribution in [0.2, 0.25) is 5.02 Å². The van der Waals surface area contributed by atoms with Crippen molar-refractivity contribution < 1.29 is 29.0 Å². The number of halogens is 2. The fourth-order valence-corrected chi connectivity index (χ4v) is 3.76. The fraction of sp³-hybridized carbons (Fsp3) is 0.261. The van der Waals surface area contributed by atoms with E-state index in [0.717, 1.165) is 0 Å². The number of nitrogens with zero attached hydrogens (tertiary/aromatic N) is 1. The molecule has 6 nitrogen and oxygen atoms in total. The monoisotopic (exact) mass is 445 g/mol. The molecule has 31 heavy (non-hydrogen) atoms. The molecule has 0 aromatic heterocycles. The number of Topliss-reactive ketones (excluding diaryl/α,β-unsaturated/α-hetero) is 1. The molecule has 1 unspecified atom stereocenters. The number of aliphatic carboxylic acids is 1. The van der Waals surface area contributed by atoms with Gasteiger partial charge >= 0.3 is 5.97 Å². The van der Waals surface area contributed by atoms with Crippen molar-refractivity contribution in [3.05, 3.63) is 76.1 Å². The van der Waals surface area contributed by atoms with Gasteiger partial charge in [-0.25, -0.2) is 4.39 Å². The predicted octanol–water partition coefficient (Wildman–Crippen LogP) is 4.55. The summed E-state index contributed by atoms with van der Waals surface area (Å²) < 4.78 is 14.7. The summed E-state index contributed by atoms with van der Waals surface area (Å²) in [6, 6.07) is 10.8. The molecule has 1 aliphatic rings. The number of aliphatic hydroxyl groups is 1. The van der Waals surface area contributed by atoms with Gasteiger partial charge in [-0.2, -0.15) is 0 Å². The third kappa shape index (κ3) is 4.94. The minimum atomic E-state index is -1.09. The van der Waals surface area contributed by atoms with Crippen molar-refractivity contribution in [2.75, 3.05) is 6.54 Å². The molecule has 1 saturated heterocycles. The minimum absolute atomic E-state index is 0.00608. The van der Waals surface area contributed by atoms with E-state index in [9.17, 15) is 23.9 Å². The molecule has 2 N–H and O–H groups in total. The Labute approximate surface area is 183 Å². The smallest absolute Gasteiger partial charge is 0.303 e. The first-order valence-electron chi connectivity index (χ1n) is 9.82. The van der Waals surface area contributed by atoms with Crippen LogP contribution in [0.25, 0.3) is 5.76 Å². The highest BCUT2D eigenvalue weighted by Gasteiger charge is 2.46. The zero-order valence-electron chi connectivity index (χ0n) is 16.6. The summed E-state index contributed by atoms with van der Waals surface area (Å²) in [5.74, 6) is -3.65.